The smallest absolute Gasteiger partial charge is 0.270 e. The van der Waals surface area contributed by atoms with Gasteiger partial charge in [0.15, 0.2) is 0 Å². The van der Waals surface area contributed by atoms with Gasteiger partial charge in [-0.1, -0.05) is 0 Å². The number of likely N-dealkylation sites (N-methyl/N-ethyl adjacent to an activating group) is 1. The Balaban J connectivity index is 1.76. The highest BCUT2D eigenvalue weighted by Crippen LogP contribution is 2.25. The van der Waals surface area contributed by atoms with Gasteiger partial charge in [0.2, 0.25) is 0 Å². The topological polar surface area (TPSA) is 59.6 Å². The lowest BCUT2D eigenvalue weighted by Crippen LogP contribution is -2.54. The van der Waals surface area contributed by atoms with Gasteiger partial charge >= 0.3 is 0 Å². The number of thiophene rings is 1. The molecule has 2 aromatic heterocycles. The van der Waals surface area contributed by atoms with Gasteiger partial charge in [-0.15, -0.1) is 11.3 Å². The number of aromatic nitrogens is 1. The van der Waals surface area contributed by atoms with E-state index in [0.717, 1.165) is 23.1 Å². The van der Waals surface area contributed by atoms with Crippen LogP contribution in [0.2, 0.25) is 0 Å². The molecule has 1 fully saturated rings. The Morgan fingerprint density at radius 2 is 2.38 bits per heavy atom. The van der Waals surface area contributed by atoms with Crippen molar-refractivity contribution in [2.24, 2.45) is 0 Å². The first-order valence-electron chi connectivity index (χ1n) is 7.19. The molecule has 0 saturated carbocycles. The van der Waals surface area contributed by atoms with E-state index < -0.39 is 5.60 Å². The average Bonchev–Trinajstić information content (AvgIpc) is 2.96. The average molecular weight is 307 g/mol. The van der Waals surface area contributed by atoms with Crippen molar-refractivity contribution < 1.29 is 9.90 Å². The largest absolute Gasteiger partial charge is 0.387 e. The number of hydrogen-bond donors (Lipinski definition) is 2. The van der Waals surface area contributed by atoms with E-state index in [9.17, 15) is 9.90 Å². The second-order valence-corrected chi connectivity index (χ2v) is 7.12. The first kappa shape index (κ1) is 14.6. The molecule has 1 amide bonds. The van der Waals surface area contributed by atoms with Crippen LogP contribution < -0.4 is 0 Å². The number of carbonyl (C=O) groups excluding carboxylic acids is 1. The highest BCUT2D eigenvalue weighted by atomic mass is 32.1. The van der Waals surface area contributed by atoms with E-state index in [-0.39, 0.29) is 5.91 Å². The number of H-pyrrole nitrogens is 1. The van der Waals surface area contributed by atoms with Crippen LogP contribution in [0.5, 0.6) is 0 Å². The molecular formula is C15H21N3O2S. The number of carbonyl (C=O) groups is 1. The molecule has 3 rings (SSSR count). The summed E-state index contributed by atoms with van der Waals surface area (Å²) in [6.45, 7) is 1.69. The fourth-order valence-corrected chi connectivity index (χ4v) is 3.92. The lowest BCUT2D eigenvalue weighted by atomic mass is 9.92. The van der Waals surface area contributed by atoms with Crippen molar-refractivity contribution in [3.05, 3.63) is 23.2 Å². The van der Waals surface area contributed by atoms with Gasteiger partial charge in [-0.25, -0.2) is 0 Å². The highest BCUT2D eigenvalue weighted by molar-refractivity contribution is 7.17. The zero-order valence-electron chi connectivity index (χ0n) is 12.4. The molecule has 0 unspecified atom stereocenters. The number of piperidine rings is 1. The number of hydrogen-bond acceptors (Lipinski definition) is 4. The SMILES string of the molecule is CN(C)C[C@@]1(O)CCCN(C(=O)c2cc3sccc3[nH]2)C1. The van der Waals surface area contributed by atoms with Crippen LogP contribution in [-0.4, -0.2) is 65.1 Å². The van der Waals surface area contributed by atoms with E-state index in [1.54, 1.807) is 16.2 Å². The van der Waals surface area contributed by atoms with Gasteiger partial charge in [-0.3, -0.25) is 4.79 Å². The number of fused-ring (bicyclic) bond motifs is 1. The minimum absolute atomic E-state index is 0.0183. The van der Waals surface area contributed by atoms with Crippen LogP contribution in [0.3, 0.4) is 0 Å². The molecule has 114 valence electrons. The quantitative estimate of drug-likeness (QED) is 0.908. The number of amides is 1. The van der Waals surface area contributed by atoms with Crippen molar-refractivity contribution in [1.29, 1.82) is 0 Å². The normalized spacial score (nSPS) is 23.1. The van der Waals surface area contributed by atoms with E-state index >= 15 is 0 Å². The van der Waals surface area contributed by atoms with Crippen LogP contribution in [0.25, 0.3) is 10.2 Å². The minimum Gasteiger partial charge on any atom is -0.387 e. The Bertz CT molecular complexity index is 620. The summed E-state index contributed by atoms with van der Waals surface area (Å²) in [5.41, 5.74) is 0.816. The molecule has 2 aromatic rings. The van der Waals surface area contributed by atoms with E-state index in [0.29, 0.717) is 25.3 Å². The zero-order chi connectivity index (χ0) is 15.0. The molecule has 0 spiro atoms. The van der Waals surface area contributed by atoms with Gasteiger partial charge in [0, 0.05) is 13.1 Å². The number of aliphatic hydroxyl groups is 1. The molecule has 5 nitrogen and oxygen atoms in total. The maximum Gasteiger partial charge on any atom is 0.270 e. The summed E-state index contributed by atoms with van der Waals surface area (Å²) in [6.07, 6.45) is 1.58. The maximum absolute atomic E-state index is 12.6. The van der Waals surface area contributed by atoms with Crippen molar-refractivity contribution in [3.63, 3.8) is 0 Å². The Hall–Kier alpha value is -1.37. The van der Waals surface area contributed by atoms with Gasteiger partial charge in [-0.2, -0.15) is 0 Å². The lowest BCUT2D eigenvalue weighted by molar-refractivity contribution is -0.0392. The first-order chi connectivity index (χ1) is 9.97. The van der Waals surface area contributed by atoms with E-state index in [1.807, 2.05) is 36.5 Å². The summed E-state index contributed by atoms with van der Waals surface area (Å²) in [4.78, 5) is 19.5. The number of β-amino-alcohol motifs (C(OH)–C–C–N with tert-alkyl or cyclic N) is 1. The lowest BCUT2D eigenvalue weighted by Gasteiger charge is -2.40. The molecule has 3 heterocycles. The third kappa shape index (κ3) is 2.97. The number of nitrogens with one attached hydrogen (secondary N) is 1. The van der Waals surface area contributed by atoms with Crippen molar-refractivity contribution >= 4 is 27.5 Å². The Morgan fingerprint density at radius 1 is 1.57 bits per heavy atom. The summed E-state index contributed by atoms with van der Waals surface area (Å²) in [5, 5.41) is 12.7. The predicted octanol–water partition coefficient (Wildman–Crippen LogP) is 1.76. The summed E-state index contributed by atoms with van der Waals surface area (Å²) in [7, 11) is 3.88. The Labute approximate surface area is 128 Å². The molecule has 1 atom stereocenters. The number of aromatic amines is 1. The second kappa shape index (κ2) is 5.44. The Kier molecular flexibility index (Phi) is 3.77. The van der Waals surface area contributed by atoms with Crippen molar-refractivity contribution in [2.45, 2.75) is 18.4 Å². The van der Waals surface area contributed by atoms with Crippen molar-refractivity contribution in [1.82, 2.24) is 14.8 Å². The molecule has 0 aliphatic carbocycles. The monoisotopic (exact) mass is 307 g/mol. The maximum atomic E-state index is 12.6. The molecule has 1 saturated heterocycles. The first-order valence-corrected chi connectivity index (χ1v) is 8.07. The fourth-order valence-electron chi connectivity index (χ4n) is 3.14. The molecule has 0 bridgehead atoms. The highest BCUT2D eigenvalue weighted by Gasteiger charge is 2.36. The third-order valence-electron chi connectivity index (χ3n) is 3.92. The van der Waals surface area contributed by atoms with Crippen LogP contribution in [0.1, 0.15) is 23.3 Å². The van der Waals surface area contributed by atoms with E-state index in [1.165, 1.54) is 0 Å². The molecule has 6 heteroatoms. The summed E-state index contributed by atoms with van der Waals surface area (Å²) in [5.74, 6) is -0.0183. The van der Waals surface area contributed by atoms with Crippen LogP contribution in [0.15, 0.2) is 17.5 Å². The number of nitrogens with zero attached hydrogens (tertiary/aromatic N) is 2. The van der Waals surface area contributed by atoms with E-state index in [4.69, 9.17) is 0 Å². The second-order valence-electron chi connectivity index (χ2n) is 6.17. The fraction of sp³-hybridized carbons (Fsp3) is 0.533. The number of rotatable bonds is 3. The van der Waals surface area contributed by atoms with Gasteiger partial charge in [0.05, 0.1) is 22.4 Å². The van der Waals surface area contributed by atoms with Gasteiger partial charge in [0.25, 0.3) is 5.91 Å². The van der Waals surface area contributed by atoms with Crippen molar-refractivity contribution in [2.75, 3.05) is 33.7 Å². The van der Waals surface area contributed by atoms with Crippen LogP contribution in [0.4, 0.5) is 0 Å². The summed E-state index contributed by atoms with van der Waals surface area (Å²) >= 11 is 1.62. The molecule has 0 aromatic carbocycles. The van der Waals surface area contributed by atoms with E-state index in [2.05, 4.69) is 4.98 Å². The minimum atomic E-state index is -0.804. The van der Waals surface area contributed by atoms with Crippen molar-refractivity contribution in [3.8, 4) is 0 Å². The summed E-state index contributed by atoms with van der Waals surface area (Å²) in [6, 6.07) is 3.89. The van der Waals surface area contributed by atoms with Crippen LogP contribution in [-0.2, 0) is 0 Å². The van der Waals surface area contributed by atoms with Gasteiger partial charge in [0.1, 0.15) is 5.69 Å². The van der Waals surface area contributed by atoms with Gasteiger partial charge < -0.3 is 19.9 Å². The molecule has 1 aliphatic rings. The zero-order valence-corrected chi connectivity index (χ0v) is 13.2. The van der Waals surface area contributed by atoms with Crippen LogP contribution in [0, 0.1) is 0 Å². The molecule has 1 aliphatic heterocycles. The predicted molar refractivity (Wildman–Crippen MR) is 84.8 cm³/mol. The van der Waals surface area contributed by atoms with Crippen LogP contribution >= 0.6 is 11.3 Å². The standard InChI is InChI=1S/C15H21N3O2S/c1-17(2)9-15(20)5-3-6-18(10-15)14(19)12-8-13-11(16-12)4-7-21-13/h4,7-8,16,20H,3,5-6,9-10H2,1-2H3/t15-/m0/s1. The third-order valence-corrected chi connectivity index (χ3v) is 4.79. The van der Waals surface area contributed by atoms with Gasteiger partial charge in [-0.05, 0) is 44.4 Å². The molecule has 2 N–H and O–H groups in total. The number of likely N-dealkylation sites (tertiary alicyclic amines) is 1. The molecule has 0 radical (unpaired) electrons. The molecule has 21 heavy (non-hydrogen) atoms. The Morgan fingerprint density at radius 3 is 3.10 bits per heavy atom. The molecular weight excluding hydrogens is 286 g/mol. The summed E-state index contributed by atoms with van der Waals surface area (Å²) < 4.78 is 1.10.